The number of carbonyl (C=O) groups excluding carboxylic acids is 2. The molecule has 0 aliphatic heterocycles. The number of carbonyl (C=O) groups is 2. The first-order valence-corrected chi connectivity index (χ1v) is 10.1. The topological polar surface area (TPSA) is 87.7 Å². The molecule has 0 aliphatic carbocycles. The monoisotopic (exact) mass is 398 g/mol. The quantitative estimate of drug-likeness (QED) is 0.479. The van der Waals surface area contributed by atoms with Crippen LogP contribution in [-0.2, 0) is 22.6 Å². The van der Waals surface area contributed by atoms with E-state index in [2.05, 4.69) is 10.6 Å². The first-order chi connectivity index (χ1) is 14.2. The molecule has 0 spiro atoms. The second kappa shape index (κ2) is 13.3. The summed E-state index contributed by atoms with van der Waals surface area (Å²) in [5.41, 5.74) is 1.84. The Labute approximate surface area is 172 Å². The van der Waals surface area contributed by atoms with Crippen LogP contribution in [0.2, 0.25) is 0 Å². The summed E-state index contributed by atoms with van der Waals surface area (Å²) in [4.78, 5) is 24.9. The summed E-state index contributed by atoms with van der Waals surface area (Å²) in [6.07, 6.45) is 3.26. The summed E-state index contributed by atoms with van der Waals surface area (Å²) in [5, 5.41) is 14.4. The first-order valence-electron chi connectivity index (χ1n) is 10.1. The van der Waals surface area contributed by atoms with Gasteiger partial charge in [0.15, 0.2) is 0 Å². The minimum Gasteiger partial charge on any atom is -0.445 e. The molecule has 2 amide bonds. The van der Waals surface area contributed by atoms with Crippen molar-refractivity contribution in [3.8, 4) is 0 Å². The Morgan fingerprint density at radius 1 is 0.862 bits per heavy atom. The van der Waals surface area contributed by atoms with E-state index in [9.17, 15) is 9.59 Å². The molecule has 2 aromatic rings. The number of unbranched alkanes of at least 4 members (excludes halogenated alkanes) is 3. The molecule has 0 aliphatic rings. The molecule has 2 rings (SSSR count). The lowest BCUT2D eigenvalue weighted by atomic mass is 10.1. The number of rotatable bonds is 12. The van der Waals surface area contributed by atoms with E-state index in [-0.39, 0.29) is 19.1 Å². The van der Waals surface area contributed by atoms with Gasteiger partial charge in [-0.1, -0.05) is 73.5 Å². The third-order valence-electron chi connectivity index (χ3n) is 4.49. The summed E-state index contributed by atoms with van der Waals surface area (Å²) in [6.45, 7) is 0.883. The lowest BCUT2D eigenvalue weighted by Crippen LogP contribution is -2.48. The maximum Gasteiger partial charge on any atom is 0.408 e. The highest BCUT2D eigenvalue weighted by Crippen LogP contribution is 2.06. The fraction of sp³-hybridized carbons (Fsp3) is 0.391. The summed E-state index contributed by atoms with van der Waals surface area (Å²) in [7, 11) is 0. The Bertz CT molecular complexity index is 722. The van der Waals surface area contributed by atoms with Gasteiger partial charge in [-0.2, -0.15) is 0 Å². The number of nitrogens with one attached hydrogen (secondary N) is 2. The molecule has 0 bridgehead atoms. The molecule has 29 heavy (non-hydrogen) atoms. The second-order valence-corrected chi connectivity index (χ2v) is 6.88. The zero-order chi connectivity index (χ0) is 20.7. The van der Waals surface area contributed by atoms with Crippen molar-refractivity contribution >= 4 is 12.0 Å². The Hall–Kier alpha value is -2.86. The lowest BCUT2D eigenvalue weighted by Gasteiger charge is -2.18. The van der Waals surface area contributed by atoms with Gasteiger partial charge < -0.3 is 20.5 Å². The molecule has 3 N–H and O–H groups in total. The fourth-order valence-electron chi connectivity index (χ4n) is 2.89. The van der Waals surface area contributed by atoms with Crippen molar-refractivity contribution in [3.63, 3.8) is 0 Å². The molecule has 1 unspecified atom stereocenters. The number of alkyl carbamates (subject to hydrolysis) is 1. The molecule has 6 heteroatoms. The SMILES string of the molecule is O=C(NC(Cc1ccccc1)C(=O)NCCCCCCO)OCc1ccccc1. The molecular formula is C23H30N2O4. The van der Waals surface area contributed by atoms with Gasteiger partial charge in [-0.25, -0.2) is 4.79 Å². The number of amides is 2. The van der Waals surface area contributed by atoms with E-state index in [1.165, 1.54) is 0 Å². The van der Waals surface area contributed by atoms with E-state index in [0.29, 0.717) is 13.0 Å². The fourth-order valence-corrected chi connectivity index (χ4v) is 2.89. The van der Waals surface area contributed by atoms with E-state index < -0.39 is 12.1 Å². The van der Waals surface area contributed by atoms with Crippen LogP contribution in [0.3, 0.4) is 0 Å². The number of aliphatic hydroxyl groups is 1. The average molecular weight is 399 g/mol. The maximum atomic E-state index is 12.6. The highest BCUT2D eigenvalue weighted by molar-refractivity contribution is 5.85. The minimum absolute atomic E-state index is 0.150. The number of benzene rings is 2. The van der Waals surface area contributed by atoms with Crippen molar-refractivity contribution < 1.29 is 19.4 Å². The van der Waals surface area contributed by atoms with E-state index in [1.807, 2.05) is 60.7 Å². The van der Waals surface area contributed by atoms with Crippen LogP contribution in [-0.4, -0.2) is 36.3 Å². The summed E-state index contributed by atoms with van der Waals surface area (Å²) in [6, 6.07) is 18.2. The van der Waals surface area contributed by atoms with Crippen LogP contribution in [0.15, 0.2) is 60.7 Å². The van der Waals surface area contributed by atoms with E-state index >= 15 is 0 Å². The molecule has 0 aromatic heterocycles. The maximum absolute atomic E-state index is 12.6. The summed E-state index contributed by atoms with van der Waals surface area (Å²) in [5.74, 6) is -0.229. The van der Waals surface area contributed by atoms with Gasteiger partial charge in [0, 0.05) is 19.6 Å². The molecule has 1 atom stereocenters. The van der Waals surface area contributed by atoms with Crippen LogP contribution in [0.5, 0.6) is 0 Å². The van der Waals surface area contributed by atoms with Crippen molar-refractivity contribution in [2.24, 2.45) is 0 Å². The standard InChI is InChI=1S/C23H30N2O4/c26-16-10-2-1-9-15-24-22(27)21(17-19-11-5-3-6-12-19)25-23(28)29-18-20-13-7-4-8-14-20/h3-8,11-14,21,26H,1-2,9-10,15-18H2,(H,24,27)(H,25,28). The van der Waals surface area contributed by atoms with Gasteiger partial charge in [-0.05, 0) is 24.0 Å². The smallest absolute Gasteiger partial charge is 0.408 e. The van der Waals surface area contributed by atoms with Crippen molar-refractivity contribution in [2.45, 2.75) is 44.8 Å². The predicted molar refractivity (Wildman–Crippen MR) is 112 cm³/mol. The molecule has 0 saturated carbocycles. The largest absolute Gasteiger partial charge is 0.445 e. The van der Waals surface area contributed by atoms with Gasteiger partial charge in [0.25, 0.3) is 0 Å². The zero-order valence-electron chi connectivity index (χ0n) is 16.7. The van der Waals surface area contributed by atoms with Gasteiger partial charge in [0.2, 0.25) is 5.91 Å². The predicted octanol–water partition coefficient (Wildman–Crippen LogP) is 3.19. The van der Waals surface area contributed by atoms with Crippen LogP contribution in [0.25, 0.3) is 0 Å². The van der Waals surface area contributed by atoms with E-state index in [1.54, 1.807) is 0 Å². The zero-order valence-corrected chi connectivity index (χ0v) is 16.7. The van der Waals surface area contributed by atoms with Gasteiger partial charge in [-0.15, -0.1) is 0 Å². The van der Waals surface area contributed by atoms with Crippen molar-refractivity contribution in [1.29, 1.82) is 0 Å². The lowest BCUT2D eigenvalue weighted by molar-refractivity contribution is -0.123. The van der Waals surface area contributed by atoms with Gasteiger partial charge in [0.1, 0.15) is 12.6 Å². The second-order valence-electron chi connectivity index (χ2n) is 6.88. The van der Waals surface area contributed by atoms with Crippen molar-refractivity contribution in [1.82, 2.24) is 10.6 Å². The minimum atomic E-state index is -0.710. The normalized spacial score (nSPS) is 11.5. The Morgan fingerprint density at radius 3 is 2.14 bits per heavy atom. The van der Waals surface area contributed by atoms with Crippen molar-refractivity contribution in [3.05, 3.63) is 71.8 Å². The number of ether oxygens (including phenoxy) is 1. The summed E-state index contributed by atoms with van der Waals surface area (Å²) >= 11 is 0. The van der Waals surface area contributed by atoms with Crippen LogP contribution in [0, 0.1) is 0 Å². The highest BCUT2D eigenvalue weighted by Gasteiger charge is 2.21. The number of hydrogen-bond donors (Lipinski definition) is 3. The Morgan fingerprint density at radius 2 is 1.48 bits per heavy atom. The summed E-state index contributed by atoms with van der Waals surface area (Å²) < 4.78 is 5.26. The molecule has 0 radical (unpaired) electrons. The van der Waals surface area contributed by atoms with Crippen LogP contribution in [0.1, 0.15) is 36.8 Å². The molecular weight excluding hydrogens is 368 g/mol. The number of aliphatic hydroxyl groups excluding tert-OH is 1. The van der Waals surface area contributed by atoms with E-state index in [4.69, 9.17) is 9.84 Å². The van der Waals surface area contributed by atoms with Crippen LogP contribution < -0.4 is 10.6 Å². The van der Waals surface area contributed by atoms with Gasteiger partial charge >= 0.3 is 6.09 Å². The first kappa shape index (κ1) is 22.4. The number of hydrogen-bond acceptors (Lipinski definition) is 4. The van der Waals surface area contributed by atoms with Crippen LogP contribution >= 0.6 is 0 Å². The van der Waals surface area contributed by atoms with E-state index in [0.717, 1.165) is 36.8 Å². The third-order valence-corrected chi connectivity index (χ3v) is 4.49. The third kappa shape index (κ3) is 9.25. The average Bonchev–Trinajstić information content (AvgIpc) is 2.75. The molecule has 0 heterocycles. The molecule has 156 valence electrons. The van der Waals surface area contributed by atoms with Crippen LogP contribution in [0.4, 0.5) is 4.79 Å². The highest BCUT2D eigenvalue weighted by atomic mass is 16.5. The van der Waals surface area contributed by atoms with Gasteiger partial charge in [-0.3, -0.25) is 4.79 Å². The van der Waals surface area contributed by atoms with Gasteiger partial charge in [0.05, 0.1) is 0 Å². The molecule has 6 nitrogen and oxygen atoms in total. The molecule has 2 aromatic carbocycles. The Balaban J connectivity index is 1.86. The molecule has 0 fully saturated rings. The Kier molecular flexibility index (Phi) is 10.3. The van der Waals surface area contributed by atoms with Crippen molar-refractivity contribution in [2.75, 3.05) is 13.2 Å². The molecule has 0 saturated heterocycles.